The number of H-pyrrole nitrogens is 1. The van der Waals surface area contributed by atoms with Crippen LogP contribution in [0.15, 0.2) is 53.0 Å². The number of aromatic amines is 1. The Hall–Kier alpha value is -2.47. The van der Waals surface area contributed by atoms with E-state index in [0.29, 0.717) is 11.4 Å². The number of benzene rings is 2. The molecule has 0 bridgehead atoms. The maximum Gasteiger partial charge on any atom is 0.273 e. The number of halogens is 2. The molecule has 2 N–H and O–H groups in total. The number of anilines is 1. The maximum atomic E-state index is 12.9. The maximum absolute atomic E-state index is 12.9. The number of aromatic nitrogens is 2. The fourth-order valence-corrected chi connectivity index (χ4v) is 2.64. The average Bonchev–Trinajstić information content (AvgIpc) is 3.01. The minimum absolute atomic E-state index is 0.281. The zero-order chi connectivity index (χ0) is 16.4. The Balaban J connectivity index is 1.79. The number of aryl methyl sites for hydroxylation is 1. The zero-order valence-electron chi connectivity index (χ0n) is 12.2. The summed E-state index contributed by atoms with van der Waals surface area (Å²) in [7, 11) is 0. The van der Waals surface area contributed by atoms with Crippen LogP contribution in [0.5, 0.6) is 0 Å². The third-order valence-electron chi connectivity index (χ3n) is 3.40. The molecule has 6 heteroatoms. The molecule has 0 aliphatic carbocycles. The first-order chi connectivity index (χ1) is 11.0. The van der Waals surface area contributed by atoms with Crippen LogP contribution in [0.25, 0.3) is 11.3 Å². The number of nitrogens with one attached hydrogen (secondary N) is 2. The Labute approximate surface area is 140 Å². The molecule has 1 amide bonds. The lowest BCUT2D eigenvalue weighted by Gasteiger charge is -2.07. The standard InChI is InChI=1S/C17H13BrFN3O/c1-10-8-12(18)4-7-14(10)20-17(23)16-9-15(21-22-16)11-2-5-13(19)6-3-11/h2-9H,1H3,(H,20,23)(H,21,22). The normalized spacial score (nSPS) is 10.6. The first-order valence-corrected chi connectivity index (χ1v) is 7.71. The number of nitrogens with zero attached hydrogens (tertiary/aromatic N) is 1. The van der Waals surface area contributed by atoms with E-state index in [-0.39, 0.29) is 11.7 Å². The molecule has 0 fully saturated rings. The third-order valence-corrected chi connectivity index (χ3v) is 3.89. The molecule has 4 nitrogen and oxygen atoms in total. The Morgan fingerprint density at radius 1 is 1.17 bits per heavy atom. The van der Waals surface area contributed by atoms with Gasteiger partial charge in [0.2, 0.25) is 0 Å². The van der Waals surface area contributed by atoms with Crippen molar-refractivity contribution in [1.82, 2.24) is 10.2 Å². The van der Waals surface area contributed by atoms with Crippen molar-refractivity contribution in [2.75, 3.05) is 5.32 Å². The van der Waals surface area contributed by atoms with Crippen LogP contribution < -0.4 is 5.32 Å². The molecule has 0 aliphatic rings. The molecular weight excluding hydrogens is 361 g/mol. The lowest BCUT2D eigenvalue weighted by atomic mass is 10.1. The molecule has 1 heterocycles. The minimum Gasteiger partial charge on any atom is -0.320 e. The number of carbonyl (C=O) groups excluding carboxylic acids is 1. The van der Waals surface area contributed by atoms with Gasteiger partial charge in [-0.2, -0.15) is 5.10 Å². The quantitative estimate of drug-likeness (QED) is 0.707. The summed E-state index contributed by atoms with van der Waals surface area (Å²) in [5, 5.41) is 9.64. The Bertz CT molecular complexity index is 859. The van der Waals surface area contributed by atoms with Crippen LogP contribution >= 0.6 is 15.9 Å². The molecule has 0 spiro atoms. The summed E-state index contributed by atoms with van der Waals surface area (Å²) >= 11 is 3.39. The van der Waals surface area contributed by atoms with Crippen molar-refractivity contribution in [2.45, 2.75) is 6.92 Å². The van der Waals surface area contributed by atoms with Gasteiger partial charge in [0.1, 0.15) is 11.5 Å². The molecule has 23 heavy (non-hydrogen) atoms. The van der Waals surface area contributed by atoms with Crippen LogP contribution in [0, 0.1) is 12.7 Å². The number of rotatable bonds is 3. The van der Waals surface area contributed by atoms with Crippen molar-refractivity contribution >= 4 is 27.5 Å². The number of hydrogen-bond donors (Lipinski definition) is 2. The predicted octanol–water partition coefficient (Wildman–Crippen LogP) is 4.54. The summed E-state index contributed by atoms with van der Waals surface area (Å²) in [4.78, 5) is 12.3. The monoisotopic (exact) mass is 373 g/mol. The highest BCUT2D eigenvalue weighted by Crippen LogP contribution is 2.22. The third kappa shape index (κ3) is 3.48. The average molecular weight is 374 g/mol. The fraction of sp³-hybridized carbons (Fsp3) is 0.0588. The van der Waals surface area contributed by atoms with Gasteiger partial charge in [-0.25, -0.2) is 4.39 Å². The lowest BCUT2D eigenvalue weighted by molar-refractivity contribution is 0.102. The fourth-order valence-electron chi connectivity index (χ4n) is 2.16. The van der Waals surface area contributed by atoms with Crippen LogP contribution in [0.3, 0.4) is 0 Å². The summed E-state index contributed by atoms with van der Waals surface area (Å²) in [6.07, 6.45) is 0. The van der Waals surface area contributed by atoms with Gasteiger partial charge in [0.05, 0.1) is 5.69 Å². The van der Waals surface area contributed by atoms with Gasteiger partial charge < -0.3 is 5.32 Å². The number of amides is 1. The molecule has 0 aliphatic heterocycles. The Morgan fingerprint density at radius 3 is 2.61 bits per heavy atom. The van der Waals surface area contributed by atoms with Gasteiger partial charge in [0.25, 0.3) is 5.91 Å². The van der Waals surface area contributed by atoms with Gasteiger partial charge >= 0.3 is 0 Å². The second kappa shape index (κ2) is 6.34. The van der Waals surface area contributed by atoms with Crippen LogP contribution in [-0.4, -0.2) is 16.1 Å². The first kappa shape index (κ1) is 15.4. The van der Waals surface area contributed by atoms with Gasteiger partial charge in [-0.1, -0.05) is 15.9 Å². The highest BCUT2D eigenvalue weighted by molar-refractivity contribution is 9.10. The van der Waals surface area contributed by atoms with E-state index in [1.165, 1.54) is 12.1 Å². The summed E-state index contributed by atoms with van der Waals surface area (Å²) in [6, 6.07) is 13.2. The van der Waals surface area contributed by atoms with Crippen molar-refractivity contribution in [3.05, 3.63) is 70.1 Å². The Morgan fingerprint density at radius 2 is 1.91 bits per heavy atom. The predicted molar refractivity (Wildman–Crippen MR) is 90.8 cm³/mol. The van der Waals surface area contributed by atoms with E-state index in [4.69, 9.17) is 0 Å². The van der Waals surface area contributed by atoms with Crippen LogP contribution in [0.4, 0.5) is 10.1 Å². The molecule has 0 radical (unpaired) electrons. The van der Waals surface area contributed by atoms with Crippen molar-refractivity contribution in [3.63, 3.8) is 0 Å². The van der Waals surface area contributed by atoms with E-state index in [9.17, 15) is 9.18 Å². The van der Waals surface area contributed by atoms with Gasteiger partial charge in [-0.3, -0.25) is 9.89 Å². The van der Waals surface area contributed by atoms with E-state index >= 15 is 0 Å². The van der Waals surface area contributed by atoms with Crippen LogP contribution in [0.1, 0.15) is 16.1 Å². The van der Waals surface area contributed by atoms with E-state index in [1.807, 2.05) is 25.1 Å². The van der Waals surface area contributed by atoms with E-state index < -0.39 is 0 Å². The summed E-state index contributed by atoms with van der Waals surface area (Å²) in [6.45, 7) is 1.91. The smallest absolute Gasteiger partial charge is 0.273 e. The summed E-state index contributed by atoms with van der Waals surface area (Å²) in [5.74, 6) is -0.593. The van der Waals surface area contributed by atoms with Crippen molar-refractivity contribution in [2.24, 2.45) is 0 Å². The second-order valence-electron chi connectivity index (χ2n) is 5.09. The molecule has 2 aromatic carbocycles. The van der Waals surface area contributed by atoms with Crippen LogP contribution in [0.2, 0.25) is 0 Å². The van der Waals surface area contributed by atoms with Gasteiger partial charge in [-0.05, 0) is 61.0 Å². The molecule has 0 saturated heterocycles. The van der Waals surface area contributed by atoms with E-state index in [2.05, 4.69) is 31.4 Å². The molecule has 3 aromatic rings. The van der Waals surface area contributed by atoms with Gasteiger partial charge in [0.15, 0.2) is 0 Å². The topological polar surface area (TPSA) is 57.8 Å². The largest absolute Gasteiger partial charge is 0.320 e. The first-order valence-electron chi connectivity index (χ1n) is 6.92. The molecule has 1 aromatic heterocycles. The summed E-state index contributed by atoms with van der Waals surface area (Å²) in [5.41, 5.74) is 3.35. The van der Waals surface area contributed by atoms with Crippen LogP contribution in [-0.2, 0) is 0 Å². The highest BCUT2D eigenvalue weighted by Gasteiger charge is 2.12. The molecule has 116 valence electrons. The second-order valence-corrected chi connectivity index (χ2v) is 6.00. The number of carbonyl (C=O) groups is 1. The zero-order valence-corrected chi connectivity index (χ0v) is 13.8. The molecular formula is C17H13BrFN3O. The lowest BCUT2D eigenvalue weighted by Crippen LogP contribution is -2.13. The molecule has 0 atom stereocenters. The van der Waals surface area contributed by atoms with Crippen molar-refractivity contribution in [1.29, 1.82) is 0 Å². The van der Waals surface area contributed by atoms with Gasteiger partial charge in [0, 0.05) is 15.7 Å². The van der Waals surface area contributed by atoms with E-state index in [0.717, 1.165) is 21.3 Å². The Kier molecular flexibility index (Phi) is 4.25. The highest BCUT2D eigenvalue weighted by atomic mass is 79.9. The molecule has 0 unspecified atom stereocenters. The van der Waals surface area contributed by atoms with Crippen molar-refractivity contribution in [3.8, 4) is 11.3 Å². The number of hydrogen-bond acceptors (Lipinski definition) is 2. The minimum atomic E-state index is -0.312. The van der Waals surface area contributed by atoms with Crippen molar-refractivity contribution < 1.29 is 9.18 Å². The molecule has 3 rings (SSSR count). The SMILES string of the molecule is Cc1cc(Br)ccc1NC(=O)c1cc(-c2ccc(F)cc2)n[nH]1. The van der Waals surface area contributed by atoms with E-state index in [1.54, 1.807) is 18.2 Å². The molecule has 0 saturated carbocycles. The van der Waals surface area contributed by atoms with Gasteiger partial charge in [-0.15, -0.1) is 0 Å². The summed E-state index contributed by atoms with van der Waals surface area (Å²) < 4.78 is 13.9.